The van der Waals surface area contributed by atoms with Crippen LogP contribution in [0.25, 0.3) is 16.9 Å². The number of hydrogen-bond acceptors (Lipinski definition) is 5. The van der Waals surface area contributed by atoms with Crippen molar-refractivity contribution in [2.24, 2.45) is 0 Å². The summed E-state index contributed by atoms with van der Waals surface area (Å²) in [6, 6.07) is 6.36. The fourth-order valence-electron chi connectivity index (χ4n) is 3.69. The molecular formula is C20H21N7. The van der Waals surface area contributed by atoms with Gasteiger partial charge in [-0.3, -0.25) is 9.67 Å². The minimum Gasteiger partial charge on any atom is -0.350 e. The molecule has 5 heterocycles. The van der Waals surface area contributed by atoms with E-state index >= 15 is 0 Å². The van der Waals surface area contributed by atoms with E-state index in [1.165, 1.54) is 11.3 Å². The van der Waals surface area contributed by atoms with Crippen molar-refractivity contribution >= 4 is 11.5 Å². The van der Waals surface area contributed by atoms with Crippen LogP contribution < -0.4 is 4.90 Å². The summed E-state index contributed by atoms with van der Waals surface area (Å²) in [4.78, 5) is 11.4. The number of fused-ring (bicyclic) bond motifs is 2. The highest BCUT2D eigenvalue weighted by molar-refractivity contribution is 5.60. The molecule has 1 aliphatic rings. The number of aryl methyl sites for hydroxylation is 2. The van der Waals surface area contributed by atoms with Gasteiger partial charge in [0, 0.05) is 62.1 Å². The molecule has 1 aliphatic heterocycles. The molecule has 0 saturated heterocycles. The Morgan fingerprint density at radius 2 is 2.04 bits per heavy atom. The van der Waals surface area contributed by atoms with Gasteiger partial charge in [0.1, 0.15) is 0 Å². The van der Waals surface area contributed by atoms with Gasteiger partial charge < -0.3 is 4.90 Å². The van der Waals surface area contributed by atoms with Gasteiger partial charge in [-0.15, -0.1) is 5.10 Å². The third-order valence-corrected chi connectivity index (χ3v) is 5.15. The molecule has 0 fully saturated rings. The summed E-state index contributed by atoms with van der Waals surface area (Å²) in [6.07, 6.45) is 8.54. The van der Waals surface area contributed by atoms with E-state index in [2.05, 4.69) is 41.0 Å². The van der Waals surface area contributed by atoms with E-state index in [-0.39, 0.29) is 0 Å². The summed E-state index contributed by atoms with van der Waals surface area (Å²) in [5.41, 5.74) is 6.48. The van der Waals surface area contributed by atoms with E-state index in [0.29, 0.717) is 0 Å². The van der Waals surface area contributed by atoms with E-state index in [0.717, 1.165) is 54.3 Å². The van der Waals surface area contributed by atoms with Crippen LogP contribution in [0.15, 0.2) is 43.0 Å². The molecule has 4 aromatic rings. The molecule has 0 amide bonds. The average molecular weight is 359 g/mol. The van der Waals surface area contributed by atoms with Gasteiger partial charge in [-0.1, -0.05) is 0 Å². The first kappa shape index (κ1) is 16.0. The van der Waals surface area contributed by atoms with Crippen LogP contribution in [-0.4, -0.2) is 35.9 Å². The Kier molecular flexibility index (Phi) is 3.67. The van der Waals surface area contributed by atoms with E-state index < -0.39 is 0 Å². The van der Waals surface area contributed by atoms with Gasteiger partial charge in [0.05, 0.1) is 5.69 Å². The first-order valence-electron chi connectivity index (χ1n) is 9.29. The smallest absolute Gasteiger partial charge is 0.153 e. The maximum atomic E-state index is 4.77. The van der Waals surface area contributed by atoms with Crippen LogP contribution in [0.1, 0.15) is 23.7 Å². The number of rotatable bonds is 3. The van der Waals surface area contributed by atoms with Gasteiger partial charge in [0.2, 0.25) is 0 Å². The number of aromatic nitrogens is 6. The number of imidazole rings is 1. The second kappa shape index (κ2) is 6.19. The molecule has 136 valence electrons. The predicted octanol–water partition coefficient (Wildman–Crippen LogP) is 2.88. The lowest BCUT2D eigenvalue weighted by molar-refractivity contribution is 0.661. The molecule has 0 unspecified atom stereocenters. The highest BCUT2D eigenvalue weighted by Gasteiger charge is 2.21. The van der Waals surface area contributed by atoms with Crippen molar-refractivity contribution in [3.63, 3.8) is 0 Å². The van der Waals surface area contributed by atoms with Crippen LogP contribution in [0.2, 0.25) is 0 Å². The van der Waals surface area contributed by atoms with Crippen LogP contribution in [0.5, 0.6) is 0 Å². The molecule has 4 aromatic heterocycles. The summed E-state index contributed by atoms with van der Waals surface area (Å²) >= 11 is 0. The maximum Gasteiger partial charge on any atom is 0.153 e. The molecule has 27 heavy (non-hydrogen) atoms. The molecule has 0 aromatic carbocycles. The molecule has 0 saturated carbocycles. The molecule has 0 bridgehead atoms. The Morgan fingerprint density at radius 1 is 1.11 bits per heavy atom. The van der Waals surface area contributed by atoms with Gasteiger partial charge in [0.25, 0.3) is 0 Å². The number of anilines is 1. The number of hydrogen-bond donors (Lipinski definition) is 0. The van der Waals surface area contributed by atoms with Gasteiger partial charge >= 0.3 is 0 Å². The van der Waals surface area contributed by atoms with Gasteiger partial charge in [-0.25, -0.2) is 9.50 Å². The summed E-state index contributed by atoms with van der Waals surface area (Å²) in [6.45, 7) is 6.77. The first-order chi connectivity index (χ1) is 13.2. The molecule has 5 rings (SSSR count). The molecule has 7 heteroatoms. The Hall–Kier alpha value is -3.22. The fraction of sp³-hybridized carbons (Fsp3) is 0.300. The van der Waals surface area contributed by atoms with Crippen molar-refractivity contribution in [3.8, 4) is 11.3 Å². The lowest BCUT2D eigenvalue weighted by atomic mass is 10.0. The Morgan fingerprint density at radius 3 is 2.89 bits per heavy atom. The van der Waals surface area contributed by atoms with Crippen molar-refractivity contribution in [2.45, 2.75) is 33.4 Å². The maximum absolute atomic E-state index is 4.77. The van der Waals surface area contributed by atoms with Crippen LogP contribution in [-0.2, 0) is 19.5 Å². The van der Waals surface area contributed by atoms with E-state index in [9.17, 15) is 0 Å². The van der Waals surface area contributed by atoms with Gasteiger partial charge in [0.15, 0.2) is 11.5 Å². The lowest BCUT2D eigenvalue weighted by Crippen LogP contribution is -2.32. The monoisotopic (exact) mass is 359 g/mol. The zero-order chi connectivity index (χ0) is 18.4. The highest BCUT2D eigenvalue weighted by atomic mass is 15.3. The number of pyridine rings is 1. The van der Waals surface area contributed by atoms with Gasteiger partial charge in [-0.05, 0) is 43.2 Å². The first-order valence-corrected chi connectivity index (χ1v) is 9.29. The van der Waals surface area contributed by atoms with Crippen LogP contribution in [0.4, 0.5) is 5.82 Å². The minimum absolute atomic E-state index is 0.804. The minimum atomic E-state index is 0.804. The van der Waals surface area contributed by atoms with Crippen molar-refractivity contribution in [2.75, 3.05) is 11.4 Å². The summed E-state index contributed by atoms with van der Waals surface area (Å²) in [5, 5.41) is 9.38. The molecule has 0 spiro atoms. The standard InChI is InChI=1S/C20H21N7/c1-3-26-8-5-18(23-26)15-11-16-13-25(7-4-17(16)22-12-15)20-14(2)10-19-21-6-9-27(19)24-20/h5-6,8-12H,3-4,7,13H2,1-2H3. The summed E-state index contributed by atoms with van der Waals surface area (Å²) in [5.74, 6) is 1.01. The topological polar surface area (TPSA) is 64.1 Å². The summed E-state index contributed by atoms with van der Waals surface area (Å²) < 4.78 is 3.78. The van der Waals surface area contributed by atoms with Crippen LogP contribution in [0, 0.1) is 6.92 Å². The van der Waals surface area contributed by atoms with E-state index in [4.69, 9.17) is 10.1 Å². The molecule has 0 radical (unpaired) electrons. The van der Waals surface area contributed by atoms with Crippen LogP contribution >= 0.6 is 0 Å². The van der Waals surface area contributed by atoms with Crippen molar-refractivity contribution in [1.29, 1.82) is 0 Å². The normalized spacial score (nSPS) is 13.9. The lowest BCUT2D eigenvalue weighted by Gasteiger charge is -2.30. The number of nitrogens with zero attached hydrogens (tertiary/aromatic N) is 7. The SMILES string of the molecule is CCn1ccc(-c2cnc3c(c2)CN(c2nn4ccnc4cc2C)CC3)n1. The van der Waals surface area contributed by atoms with E-state index in [1.807, 2.05) is 33.9 Å². The third kappa shape index (κ3) is 2.75. The van der Waals surface area contributed by atoms with Gasteiger partial charge in [-0.2, -0.15) is 5.10 Å². The Balaban J connectivity index is 1.49. The molecular weight excluding hydrogens is 338 g/mol. The molecule has 0 aliphatic carbocycles. The molecule has 0 N–H and O–H groups in total. The highest BCUT2D eigenvalue weighted by Crippen LogP contribution is 2.27. The predicted molar refractivity (Wildman–Crippen MR) is 104 cm³/mol. The largest absolute Gasteiger partial charge is 0.350 e. The van der Waals surface area contributed by atoms with Crippen molar-refractivity contribution in [1.82, 2.24) is 29.4 Å². The third-order valence-electron chi connectivity index (χ3n) is 5.15. The average Bonchev–Trinajstić information content (AvgIpc) is 3.35. The van der Waals surface area contributed by atoms with Crippen molar-refractivity contribution in [3.05, 3.63) is 59.8 Å². The second-order valence-corrected chi connectivity index (χ2v) is 6.94. The molecule has 0 atom stereocenters. The zero-order valence-electron chi connectivity index (χ0n) is 15.5. The zero-order valence-corrected chi connectivity index (χ0v) is 15.5. The van der Waals surface area contributed by atoms with Crippen molar-refractivity contribution < 1.29 is 0 Å². The Bertz CT molecular complexity index is 1120. The van der Waals surface area contributed by atoms with E-state index in [1.54, 1.807) is 6.20 Å². The quantitative estimate of drug-likeness (QED) is 0.563. The van der Waals surface area contributed by atoms with Crippen LogP contribution in [0.3, 0.4) is 0 Å². The second-order valence-electron chi connectivity index (χ2n) is 6.94. The Labute approximate surface area is 157 Å². The fourth-order valence-corrected chi connectivity index (χ4v) is 3.69. The molecule has 7 nitrogen and oxygen atoms in total. The summed E-state index contributed by atoms with van der Waals surface area (Å²) in [7, 11) is 0.